The minimum atomic E-state index is -4.34. The number of hydrogen-bond acceptors (Lipinski definition) is 4. The third-order valence-electron chi connectivity index (χ3n) is 7.17. The Morgan fingerprint density at radius 3 is 1.62 bits per heavy atom. The highest BCUT2D eigenvalue weighted by atomic mass is 31.2. The summed E-state index contributed by atoms with van der Waals surface area (Å²) in [6, 6.07) is 37.6. The number of carbonyl (C=O) groups is 1. The van der Waals surface area contributed by atoms with E-state index in [1.807, 2.05) is 0 Å². The molecule has 0 spiro atoms. The maximum Gasteiger partial charge on any atom is 0.416 e. The van der Waals surface area contributed by atoms with E-state index in [1.165, 1.54) is 28.0 Å². The number of hydrogen-bond donors (Lipinski definition) is 1. The van der Waals surface area contributed by atoms with Crippen molar-refractivity contribution in [2.24, 2.45) is 0 Å². The number of rotatable bonds is 15. The summed E-state index contributed by atoms with van der Waals surface area (Å²) in [5.41, 5.74) is -0.683. The van der Waals surface area contributed by atoms with E-state index >= 15 is 0 Å². The van der Waals surface area contributed by atoms with Crippen LogP contribution in [0.25, 0.3) is 0 Å². The van der Waals surface area contributed by atoms with Crippen LogP contribution < -0.4 is 20.7 Å². The molecule has 0 heterocycles. The number of carboxylic acid groups (broad SMARTS) is 1. The normalized spacial score (nSPS) is 11.5. The summed E-state index contributed by atoms with van der Waals surface area (Å²) in [6.45, 7) is 4.11. The zero-order valence-electron chi connectivity index (χ0n) is 25.8. The third kappa shape index (κ3) is 11.6. The molecule has 0 saturated carbocycles. The van der Waals surface area contributed by atoms with Crippen molar-refractivity contribution < 1.29 is 32.5 Å². The molecular formula is C36H42F3NO4P+. The standard InChI is InChI=1S/C34H38F3NO2P.C2H4O2/c1-38(24-25-39-26-27-40-30-21-19-29(20-22-30)34(35,36)37)23-11-12-28-41(31-13-5-2-6-14-31,32-15-7-3-8-16-32)33-17-9-4-10-18-33;1-2(3)4/h2-10,13-22H,11-12,23-28H2,1H3;1H3,(H,3,4)/q+1;. The van der Waals surface area contributed by atoms with Crippen LogP contribution in [0.4, 0.5) is 13.2 Å². The van der Waals surface area contributed by atoms with Gasteiger partial charge in [0.2, 0.25) is 0 Å². The van der Waals surface area contributed by atoms with Crippen molar-refractivity contribution in [1.29, 1.82) is 0 Å². The van der Waals surface area contributed by atoms with Gasteiger partial charge in [0, 0.05) is 13.5 Å². The van der Waals surface area contributed by atoms with Gasteiger partial charge in [0.25, 0.3) is 5.97 Å². The minimum Gasteiger partial charge on any atom is -0.491 e. The van der Waals surface area contributed by atoms with Crippen molar-refractivity contribution in [3.05, 3.63) is 121 Å². The fourth-order valence-electron chi connectivity index (χ4n) is 5.01. The van der Waals surface area contributed by atoms with Crippen LogP contribution in [0.3, 0.4) is 0 Å². The Morgan fingerprint density at radius 2 is 1.18 bits per heavy atom. The Bertz CT molecular complexity index is 1290. The van der Waals surface area contributed by atoms with Crippen LogP contribution >= 0.6 is 7.26 Å². The summed E-state index contributed by atoms with van der Waals surface area (Å²) in [5.74, 6) is -0.431. The number of aliphatic carboxylic acids is 1. The van der Waals surface area contributed by atoms with Gasteiger partial charge in [-0.2, -0.15) is 13.2 Å². The Morgan fingerprint density at radius 1 is 0.711 bits per heavy atom. The monoisotopic (exact) mass is 640 g/mol. The predicted molar refractivity (Wildman–Crippen MR) is 178 cm³/mol. The van der Waals surface area contributed by atoms with Crippen LogP contribution in [-0.2, 0) is 15.7 Å². The zero-order valence-corrected chi connectivity index (χ0v) is 26.7. The van der Waals surface area contributed by atoms with E-state index in [1.54, 1.807) is 0 Å². The number of nitrogens with zero attached hydrogens (tertiary/aromatic N) is 1. The molecule has 240 valence electrons. The van der Waals surface area contributed by atoms with Crippen molar-refractivity contribution in [2.75, 3.05) is 46.1 Å². The second kappa shape index (κ2) is 18.3. The quantitative estimate of drug-likeness (QED) is 0.113. The molecule has 0 aliphatic rings. The van der Waals surface area contributed by atoms with Gasteiger partial charge in [0.05, 0.1) is 24.9 Å². The van der Waals surface area contributed by atoms with E-state index in [2.05, 4.69) is 103 Å². The summed E-state index contributed by atoms with van der Waals surface area (Å²) in [4.78, 5) is 11.3. The van der Waals surface area contributed by atoms with Crippen molar-refractivity contribution in [1.82, 2.24) is 4.90 Å². The van der Waals surface area contributed by atoms with E-state index in [0.717, 1.165) is 51.1 Å². The highest BCUT2D eigenvalue weighted by molar-refractivity contribution is 7.95. The second-order valence-corrected chi connectivity index (χ2v) is 14.2. The second-order valence-electron chi connectivity index (χ2n) is 10.6. The molecule has 9 heteroatoms. The average Bonchev–Trinajstić information content (AvgIpc) is 3.04. The lowest BCUT2D eigenvalue weighted by Crippen LogP contribution is -2.33. The number of likely N-dealkylation sites (N-methyl/N-ethyl adjacent to an activating group) is 1. The van der Waals surface area contributed by atoms with Gasteiger partial charge >= 0.3 is 6.18 Å². The smallest absolute Gasteiger partial charge is 0.416 e. The van der Waals surface area contributed by atoms with Crippen molar-refractivity contribution >= 4 is 29.1 Å². The lowest BCUT2D eigenvalue weighted by molar-refractivity contribution is -0.137. The molecule has 0 fully saturated rings. The number of carboxylic acids is 1. The van der Waals surface area contributed by atoms with Gasteiger partial charge in [-0.15, -0.1) is 0 Å². The Hall–Kier alpha value is -3.71. The van der Waals surface area contributed by atoms with Crippen LogP contribution in [0.2, 0.25) is 0 Å². The SMILES string of the molecule is CC(=O)O.CN(CCCC[P+](c1ccccc1)(c1ccccc1)c1ccccc1)CCOCCOc1ccc(C(F)(F)F)cc1. The average molecular weight is 641 g/mol. The van der Waals surface area contributed by atoms with Crippen molar-refractivity contribution in [3.63, 3.8) is 0 Å². The lowest BCUT2D eigenvalue weighted by atomic mass is 10.2. The summed E-state index contributed by atoms with van der Waals surface area (Å²) in [7, 11) is 0.311. The molecule has 0 aliphatic carbocycles. The fraction of sp³-hybridized carbons (Fsp3) is 0.306. The number of unbranched alkanes of at least 4 members (excludes halogenated alkanes) is 1. The maximum absolute atomic E-state index is 12.7. The van der Waals surface area contributed by atoms with Crippen LogP contribution in [0, 0.1) is 0 Å². The molecule has 0 radical (unpaired) electrons. The van der Waals surface area contributed by atoms with Gasteiger partial charge in [-0.25, -0.2) is 0 Å². The number of benzene rings is 4. The minimum absolute atomic E-state index is 0.291. The first-order chi connectivity index (χ1) is 21.6. The molecule has 0 bridgehead atoms. The molecule has 0 saturated heterocycles. The van der Waals surface area contributed by atoms with Crippen molar-refractivity contribution in [2.45, 2.75) is 25.9 Å². The number of alkyl halides is 3. The van der Waals surface area contributed by atoms with Gasteiger partial charge in [-0.1, -0.05) is 54.6 Å². The highest BCUT2D eigenvalue weighted by Crippen LogP contribution is 2.55. The van der Waals surface area contributed by atoms with Gasteiger partial charge < -0.3 is 19.5 Å². The Labute approximate surface area is 265 Å². The number of ether oxygens (including phenoxy) is 2. The molecule has 4 aromatic rings. The molecule has 45 heavy (non-hydrogen) atoms. The van der Waals surface area contributed by atoms with E-state index in [0.29, 0.717) is 25.6 Å². The predicted octanol–water partition coefficient (Wildman–Crippen LogP) is 6.90. The molecule has 4 aromatic carbocycles. The van der Waals surface area contributed by atoms with Gasteiger partial charge in [0.15, 0.2) is 0 Å². The first kappa shape index (κ1) is 35.8. The van der Waals surface area contributed by atoms with Crippen LogP contribution in [-0.4, -0.2) is 62.1 Å². The summed E-state index contributed by atoms with van der Waals surface area (Å²) < 4.78 is 49.2. The molecule has 0 aliphatic heterocycles. The van der Waals surface area contributed by atoms with E-state index in [9.17, 15) is 13.2 Å². The molecule has 4 rings (SSSR count). The van der Waals surface area contributed by atoms with Gasteiger partial charge in [-0.05, 0) is 87.1 Å². The Balaban J connectivity index is 0.00000130. The van der Waals surface area contributed by atoms with Crippen molar-refractivity contribution in [3.8, 4) is 5.75 Å². The highest BCUT2D eigenvalue weighted by Gasteiger charge is 2.44. The molecule has 0 amide bonds. The first-order valence-corrected chi connectivity index (χ1v) is 16.9. The fourth-order valence-corrected chi connectivity index (χ4v) is 9.42. The van der Waals surface area contributed by atoms with E-state index in [-0.39, 0.29) is 0 Å². The molecular weight excluding hydrogens is 598 g/mol. The van der Waals surface area contributed by atoms with Gasteiger partial charge in [-0.3, -0.25) is 4.79 Å². The maximum atomic E-state index is 12.7. The number of halogens is 3. The van der Waals surface area contributed by atoms with E-state index < -0.39 is 25.0 Å². The third-order valence-corrected chi connectivity index (χ3v) is 11.7. The molecule has 0 unspecified atom stereocenters. The largest absolute Gasteiger partial charge is 0.491 e. The topological polar surface area (TPSA) is 59.0 Å². The summed E-state index contributed by atoms with van der Waals surface area (Å²) >= 11 is 0. The molecule has 0 aromatic heterocycles. The van der Waals surface area contributed by atoms with Crippen LogP contribution in [0.5, 0.6) is 5.75 Å². The summed E-state index contributed by atoms with van der Waals surface area (Å²) in [5, 5.41) is 11.7. The van der Waals surface area contributed by atoms with Gasteiger partial charge in [0.1, 0.15) is 35.5 Å². The zero-order chi connectivity index (χ0) is 32.5. The van der Waals surface area contributed by atoms with Crippen LogP contribution in [0.15, 0.2) is 115 Å². The Kier molecular flexibility index (Phi) is 14.5. The molecule has 0 atom stereocenters. The lowest BCUT2D eigenvalue weighted by Gasteiger charge is -2.28. The van der Waals surface area contributed by atoms with E-state index in [4.69, 9.17) is 19.4 Å². The summed E-state index contributed by atoms with van der Waals surface area (Å²) in [6.07, 6.45) is -1.04. The molecule has 1 N–H and O–H groups in total. The van der Waals surface area contributed by atoms with Crippen LogP contribution in [0.1, 0.15) is 25.3 Å². The first-order valence-electron chi connectivity index (χ1n) is 14.9. The molecule has 5 nitrogen and oxygen atoms in total.